The molecule has 0 spiro atoms. The van der Waals surface area contributed by atoms with Crippen LogP contribution in [0.3, 0.4) is 0 Å². The predicted octanol–water partition coefficient (Wildman–Crippen LogP) is 1.11. The van der Waals surface area contributed by atoms with Gasteiger partial charge in [-0.25, -0.2) is 0 Å². The Kier molecular flexibility index (Phi) is 2.78. The van der Waals surface area contributed by atoms with Crippen molar-refractivity contribution in [3.63, 3.8) is 0 Å². The van der Waals surface area contributed by atoms with Crippen molar-refractivity contribution in [2.24, 2.45) is 0 Å². The normalized spacial score (nSPS) is 24.2. The number of aromatic hydroxyl groups is 2. The molecule has 0 aliphatic carbocycles. The third kappa shape index (κ3) is 2.28. The van der Waals surface area contributed by atoms with Gasteiger partial charge in [0.1, 0.15) is 0 Å². The summed E-state index contributed by atoms with van der Waals surface area (Å²) in [6, 6.07) is 5.12. The van der Waals surface area contributed by atoms with E-state index in [2.05, 4.69) is 24.5 Å². The molecule has 88 valence electrons. The molecule has 1 aliphatic rings. The molecule has 2 rings (SSSR count). The second kappa shape index (κ2) is 3.96. The lowest BCUT2D eigenvalue weighted by Gasteiger charge is -2.38. The first-order chi connectivity index (χ1) is 7.48. The van der Waals surface area contributed by atoms with E-state index in [1.165, 1.54) is 6.07 Å². The monoisotopic (exact) mass is 222 g/mol. The summed E-state index contributed by atoms with van der Waals surface area (Å²) in [5.74, 6) is -0.144. The van der Waals surface area contributed by atoms with Crippen LogP contribution in [0.5, 0.6) is 11.5 Å². The SMILES string of the molecule is CC1(C)CNCC(c2ccc(O)c(O)c2)N1. The highest BCUT2D eigenvalue weighted by Gasteiger charge is 2.27. The smallest absolute Gasteiger partial charge is 0.157 e. The van der Waals surface area contributed by atoms with Crippen LogP contribution in [0.15, 0.2) is 18.2 Å². The molecule has 1 unspecified atom stereocenters. The van der Waals surface area contributed by atoms with Crippen molar-refractivity contribution in [3.8, 4) is 11.5 Å². The Hall–Kier alpha value is -1.26. The number of benzene rings is 1. The number of piperazine rings is 1. The van der Waals surface area contributed by atoms with Crippen LogP contribution in [0.1, 0.15) is 25.5 Å². The summed E-state index contributed by atoms with van der Waals surface area (Å²) in [4.78, 5) is 0. The Labute approximate surface area is 95.3 Å². The molecule has 1 atom stereocenters. The summed E-state index contributed by atoms with van der Waals surface area (Å²) >= 11 is 0. The first-order valence-electron chi connectivity index (χ1n) is 5.48. The first kappa shape index (κ1) is 11.2. The Bertz CT molecular complexity index is 391. The topological polar surface area (TPSA) is 64.5 Å². The lowest BCUT2D eigenvalue weighted by molar-refractivity contribution is 0.264. The average molecular weight is 222 g/mol. The number of phenols is 2. The van der Waals surface area contributed by atoms with Gasteiger partial charge in [0.05, 0.1) is 0 Å². The van der Waals surface area contributed by atoms with Crippen molar-refractivity contribution in [2.75, 3.05) is 13.1 Å². The van der Waals surface area contributed by atoms with Gasteiger partial charge in [-0.15, -0.1) is 0 Å². The quantitative estimate of drug-likeness (QED) is 0.537. The van der Waals surface area contributed by atoms with Gasteiger partial charge in [0.25, 0.3) is 0 Å². The third-order valence-electron chi connectivity index (χ3n) is 2.88. The van der Waals surface area contributed by atoms with E-state index in [1.54, 1.807) is 6.07 Å². The Morgan fingerprint density at radius 1 is 1.25 bits per heavy atom. The Morgan fingerprint density at radius 2 is 2.00 bits per heavy atom. The van der Waals surface area contributed by atoms with Gasteiger partial charge in [-0.3, -0.25) is 0 Å². The van der Waals surface area contributed by atoms with E-state index in [0.29, 0.717) is 0 Å². The van der Waals surface area contributed by atoms with Gasteiger partial charge >= 0.3 is 0 Å². The molecule has 1 aliphatic heterocycles. The zero-order chi connectivity index (χ0) is 11.8. The molecular weight excluding hydrogens is 204 g/mol. The van der Waals surface area contributed by atoms with E-state index < -0.39 is 0 Å². The summed E-state index contributed by atoms with van der Waals surface area (Å²) in [6.07, 6.45) is 0. The van der Waals surface area contributed by atoms with E-state index in [-0.39, 0.29) is 23.1 Å². The zero-order valence-electron chi connectivity index (χ0n) is 9.62. The maximum Gasteiger partial charge on any atom is 0.157 e. The van der Waals surface area contributed by atoms with E-state index in [4.69, 9.17) is 0 Å². The standard InChI is InChI=1S/C12H18N2O2/c1-12(2)7-13-6-9(14-12)8-3-4-10(15)11(16)5-8/h3-5,9,13-16H,6-7H2,1-2H3. The molecule has 0 saturated carbocycles. The first-order valence-corrected chi connectivity index (χ1v) is 5.48. The summed E-state index contributed by atoms with van der Waals surface area (Å²) in [6.45, 7) is 6.01. The van der Waals surface area contributed by atoms with E-state index in [0.717, 1.165) is 18.7 Å². The minimum absolute atomic E-state index is 0.0381. The molecule has 0 amide bonds. The van der Waals surface area contributed by atoms with Crippen LogP contribution in [-0.4, -0.2) is 28.8 Å². The molecule has 1 saturated heterocycles. The van der Waals surface area contributed by atoms with Crippen molar-refractivity contribution in [3.05, 3.63) is 23.8 Å². The number of hydrogen-bond acceptors (Lipinski definition) is 4. The highest BCUT2D eigenvalue weighted by molar-refractivity contribution is 5.41. The van der Waals surface area contributed by atoms with Crippen molar-refractivity contribution in [1.29, 1.82) is 0 Å². The molecule has 0 aromatic heterocycles. The molecule has 4 N–H and O–H groups in total. The van der Waals surface area contributed by atoms with Gasteiger partial charge in [-0.2, -0.15) is 0 Å². The van der Waals surface area contributed by atoms with E-state index in [1.807, 2.05) is 6.07 Å². The lowest BCUT2D eigenvalue weighted by atomic mass is 9.96. The molecule has 1 aromatic carbocycles. The fraction of sp³-hybridized carbons (Fsp3) is 0.500. The maximum atomic E-state index is 9.46. The van der Waals surface area contributed by atoms with Crippen molar-refractivity contribution in [1.82, 2.24) is 10.6 Å². The third-order valence-corrected chi connectivity index (χ3v) is 2.88. The van der Waals surface area contributed by atoms with Crippen LogP contribution in [0.4, 0.5) is 0 Å². The summed E-state index contributed by atoms with van der Waals surface area (Å²) in [5, 5.41) is 25.6. The van der Waals surface area contributed by atoms with Gasteiger partial charge in [0.2, 0.25) is 0 Å². The molecule has 16 heavy (non-hydrogen) atoms. The Balaban J connectivity index is 2.20. The molecule has 1 fully saturated rings. The van der Waals surface area contributed by atoms with Crippen molar-refractivity contribution in [2.45, 2.75) is 25.4 Å². The Morgan fingerprint density at radius 3 is 2.62 bits per heavy atom. The molecular formula is C12H18N2O2. The second-order valence-electron chi connectivity index (χ2n) is 4.96. The molecule has 1 heterocycles. The molecule has 4 nitrogen and oxygen atoms in total. The van der Waals surface area contributed by atoms with Gasteiger partial charge < -0.3 is 20.8 Å². The van der Waals surface area contributed by atoms with E-state index in [9.17, 15) is 10.2 Å². The van der Waals surface area contributed by atoms with Crippen molar-refractivity contribution < 1.29 is 10.2 Å². The predicted molar refractivity (Wildman–Crippen MR) is 62.6 cm³/mol. The van der Waals surface area contributed by atoms with Gasteiger partial charge in [0, 0.05) is 24.7 Å². The largest absolute Gasteiger partial charge is 0.504 e. The van der Waals surface area contributed by atoms with Gasteiger partial charge in [-0.05, 0) is 31.5 Å². The molecule has 0 radical (unpaired) electrons. The number of nitrogens with one attached hydrogen (secondary N) is 2. The van der Waals surface area contributed by atoms with Crippen LogP contribution in [0, 0.1) is 0 Å². The second-order valence-corrected chi connectivity index (χ2v) is 4.96. The molecule has 1 aromatic rings. The van der Waals surface area contributed by atoms with Crippen LogP contribution in [0.25, 0.3) is 0 Å². The minimum Gasteiger partial charge on any atom is -0.504 e. The summed E-state index contributed by atoms with van der Waals surface area (Å²) in [5.41, 5.74) is 1.02. The number of rotatable bonds is 1. The molecule has 0 bridgehead atoms. The summed E-state index contributed by atoms with van der Waals surface area (Å²) < 4.78 is 0. The van der Waals surface area contributed by atoms with Gasteiger partial charge in [0.15, 0.2) is 11.5 Å². The lowest BCUT2D eigenvalue weighted by Crippen LogP contribution is -2.56. The number of phenolic OH excluding ortho intramolecular Hbond substituents is 2. The van der Waals surface area contributed by atoms with Gasteiger partial charge in [-0.1, -0.05) is 6.07 Å². The van der Waals surface area contributed by atoms with Crippen molar-refractivity contribution >= 4 is 0 Å². The minimum atomic E-state index is -0.0771. The highest BCUT2D eigenvalue weighted by Crippen LogP contribution is 2.29. The van der Waals surface area contributed by atoms with Crippen LogP contribution in [-0.2, 0) is 0 Å². The molecule has 4 heteroatoms. The van der Waals surface area contributed by atoms with Crippen LogP contribution >= 0.6 is 0 Å². The van der Waals surface area contributed by atoms with E-state index >= 15 is 0 Å². The fourth-order valence-corrected chi connectivity index (χ4v) is 2.06. The van der Waals surface area contributed by atoms with Crippen LogP contribution in [0.2, 0.25) is 0 Å². The summed E-state index contributed by atoms with van der Waals surface area (Å²) in [7, 11) is 0. The highest BCUT2D eigenvalue weighted by atomic mass is 16.3. The number of hydrogen-bond donors (Lipinski definition) is 4. The average Bonchev–Trinajstić information content (AvgIpc) is 2.20. The fourth-order valence-electron chi connectivity index (χ4n) is 2.06. The van der Waals surface area contributed by atoms with Crippen LogP contribution < -0.4 is 10.6 Å². The maximum absolute atomic E-state index is 9.46. The zero-order valence-corrected chi connectivity index (χ0v) is 9.62.